The maximum atomic E-state index is 12.3. The highest BCUT2D eigenvalue weighted by molar-refractivity contribution is 6.06. The van der Waals surface area contributed by atoms with E-state index in [4.69, 9.17) is 4.42 Å². The summed E-state index contributed by atoms with van der Waals surface area (Å²) in [6.07, 6.45) is 8.78. The van der Waals surface area contributed by atoms with Crippen LogP contribution in [0.2, 0.25) is 0 Å². The van der Waals surface area contributed by atoms with Gasteiger partial charge in [0.2, 0.25) is 0 Å². The molecule has 2 aromatic heterocycles. The van der Waals surface area contributed by atoms with E-state index in [1.807, 2.05) is 29.0 Å². The van der Waals surface area contributed by atoms with Crippen LogP contribution in [0.3, 0.4) is 0 Å². The highest BCUT2D eigenvalue weighted by Gasteiger charge is 2.13. The quantitative estimate of drug-likeness (QED) is 0.711. The number of hydrogen-bond acceptors (Lipinski definition) is 3. The summed E-state index contributed by atoms with van der Waals surface area (Å²) in [6, 6.07) is 5.97. The Kier molecular flexibility index (Phi) is 4.23. The Morgan fingerprint density at radius 3 is 3.09 bits per heavy atom. The van der Waals surface area contributed by atoms with Crippen LogP contribution in [-0.2, 0) is 13.0 Å². The van der Waals surface area contributed by atoms with E-state index < -0.39 is 0 Å². The zero-order valence-electron chi connectivity index (χ0n) is 12.6. The van der Waals surface area contributed by atoms with Gasteiger partial charge in [0.15, 0.2) is 0 Å². The number of aryl methyl sites for hydroxylation is 2. The molecule has 0 unspecified atom stereocenters. The van der Waals surface area contributed by atoms with Crippen LogP contribution in [0.1, 0.15) is 29.3 Å². The van der Waals surface area contributed by atoms with Gasteiger partial charge in [0.1, 0.15) is 11.8 Å². The summed E-state index contributed by atoms with van der Waals surface area (Å²) in [4.78, 5) is 16.3. The lowest BCUT2D eigenvalue weighted by Gasteiger charge is -2.05. The van der Waals surface area contributed by atoms with E-state index >= 15 is 0 Å². The second-order valence-corrected chi connectivity index (χ2v) is 5.24. The van der Waals surface area contributed by atoms with Gasteiger partial charge in [-0.2, -0.15) is 0 Å². The van der Waals surface area contributed by atoms with Crippen LogP contribution in [0, 0.1) is 0 Å². The predicted octanol–water partition coefficient (Wildman–Crippen LogP) is 3.01. The number of imidazole rings is 1. The molecule has 5 heteroatoms. The van der Waals surface area contributed by atoms with Crippen LogP contribution < -0.4 is 5.32 Å². The van der Waals surface area contributed by atoms with Crippen LogP contribution >= 0.6 is 0 Å². The Morgan fingerprint density at radius 2 is 2.32 bits per heavy atom. The number of hydrogen-bond donors (Lipinski definition) is 1. The zero-order valence-corrected chi connectivity index (χ0v) is 12.6. The summed E-state index contributed by atoms with van der Waals surface area (Å²) in [5.74, 6) is -0.0855. The summed E-state index contributed by atoms with van der Waals surface area (Å²) in [7, 11) is 0. The van der Waals surface area contributed by atoms with Gasteiger partial charge in [0.25, 0.3) is 5.91 Å². The van der Waals surface area contributed by atoms with Gasteiger partial charge in [-0.05, 0) is 30.5 Å². The molecule has 1 aromatic carbocycles. The Labute approximate surface area is 129 Å². The van der Waals surface area contributed by atoms with Crippen LogP contribution in [0.5, 0.6) is 0 Å². The molecule has 0 spiro atoms. The van der Waals surface area contributed by atoms with Gasteiger partial charge < -0.3 is 14.3 Å². The van der Waals surface area contributed by atoms with Gasteiger partial charge in [-0.3, -0.25) is 4.79 Å². The Bertz CT molecular complexity index is 759. The van der Waals surface area contributed by atoms with Crippen molar-refractivity contribution in [1.29, 1.82) is 0 Å². The van der Waals surface area contributed by atoms with Gasteiger partial charge in [0, 0.05) is 30.9 Å². The van der Waals surface area contributed by atoms with Gasteiger partial charge in [-0.25, -0.2) is 4.98 Å². The van der Waals surface area contributed by atoms with Crippen molar-refractivity contribution in [3.8, 4) is 0 Å². The third-order valence-electron chi connectivity index (χ3n) is 3.73. The van der Waals surface area contributed by atoms with Crippen LogP contribution in [-0.4, -0.2) is 22.0 Å². The molecule has 1 N–H and O–H groups in total. The minimum Gasteiger partial charge on any atom is -0.463 e. The normalized spacial score (nSPS) is 11.0. The fourth-order valence-electron chi connectivity index (χ4n) is 2.45. The molecule has 0 aliphatic rings. The summed E-state index contributed by atoms with van der Waals surface area (Å²) < 4.78 is 7.45. The first kappa shape index (κ1) is 14.4. The van der Waals surface area contributed by atoms with E-state index in [0.717, 1.165) is 30.4 Å². The average molecular weight is 297 g/mol. The van der Waals surface area contributed by atoms with Gasteiger partial charge >= 0.3 is 0 Å². The molecule has 0 bridgehead atoms. The molecule has 0 atom stereocenters. The fraction of sp³-hybridized carbons (Fsp3) is 0.294. The monoisotopic (exact) mass is 297 g/mol. The minimum atomic E-state index is -0.0855. The lowest BCUT2D eigenvalue weighted by molar-refractivity contribution is 0.0953. The molecular weight excluding hydrogens is 278 g/mol. The van der Waals surface area contributed by atoms with Crippen molar-refractivity contribution in [2.75, 3.05) is 6.54 Å². The van der Waals surface area contributed by atoms with E-state index in [1.54, 1.807) is 12.5 Å². The summed E-state index contributed by atoms with van der Waals surface area (Å²) in [5.41, 5.74) is 2.55. The Hall–Kier alpha value is -2.56. The van der Waals surface area contributed by atoms with Gasteiger partial charge in [0.05, 0.1) is 11.9 Å². The number of carbonyl (C=O) groups is 1. The van der Waals surface area contributed by atoms with Crippen LogP contribution in [0.4, 0.5) is 0 Å². The standard InChI is InChI=1S/C17H19N3O2/c1-2-13-4-5-16-14(10-13)15(11-22-16)17(21)19-6-3-8-20-9-7-18-12-20/h4-5,7,9-12H,2-3,6,8H2,1H3,(H,19,21). The Balaban J connectivity index is 1.62. The highest BCUT2D eigenvalue weighted by Crippen LogP contribution is 2.22. The maximum absolute atomic E-state index is 12.3. The largest absolute Gasteiger partial charge is 0.463 e. The molecule has 0 aliphatic heterocycles. The first-order chi connectivity index (χ1) is 10.8. The number of benzene rings is 1. The van der Waals surface area contributed by atoms with Crippen molar-refractivity contribution in [3.63, 3.8) is 0 Å². The number of nitrogens with one attached hydrogen (secondary N) is 1. The van der Waals surface area contributed by atoms with E-state index in [1.165, 1.54) is 11.8 Å². The number of nitrogens with zero attached hydrogens (tertiary/aromatic N) is 2. The maximum Gasteiger partial charge on any atom is 0.255 e. The predicted molar refractivity (Wildman–Crippen MR) is 84.8 cm³/mol. The molecule has 2 heterocycles. The van der Waals surface area contributed by atoms with E-state index in [2.05, 4.69) is 17.2 Å². The van der Waals surface area contributed by atoms with Crippen molar-refractivity contribution in [3.05, 3.63) is 54.3 Å². The van der Waals surface area contributed by atoms with E-state index in [-0.39, 0.29) is 5.91 Å². The second kappa shape index (κ2) is 6.47. The second-order valence-electron chi connectivity index (χ2n) is 5.24. The molecule has 0 aliphatic carbocycles. The van der Waals surface area contributed by atoms with Crippen LogP contribution in [0.15, 0.2) is 47.6 Å². The summed E-state index contributed by atoms with van der Waals surface area (Å²) in [6.45, 7) is 3.56. The van der Waals surface area contributed by atoms with Crippen molar-refractivity contribution >= 4 is 16.9 Å². The number of carbonyl (C=O) groups excluding carboxylic acids is 1. The molecule has 3 rings (SSSR count). The molecule has 0 saturated heterocycles. The number of fused-ring (bicyclic) bond motifs is 1. The molecule has 0 saturated carbocycles. The number of furan rings is 1. The first-order valence-corrected chi connectivity index (χ1v) is 7.52. The number of aromatic nitrogens is 2. The molecule has 1 amide bonds. The van der Waals surface area contributed by atoms with Gasteiger partial charge in [-0.15, -0.1) is 0 Å². The van der Waals surface area contributed by atoms with E-state index in [0.29, 0.717) is 12.1 Å². The summed E-state index contributed by atoms with van der Waals surface area (Å²) in [5, 5.41) is 3.83. The number of rotatable bonds is 6. The average Bonchev–Trinajstić information content (AvgIpc) is 3.20. The zero-order chi connectivity index (χ0) is 15.4. The van der Waals surface area contributed by atoms with Crippen molar-refractivity contribution < 1.29 is 9.21 Å². The van der Waals surface area contributed by atoms with Crippen molar-refractivity contribution in [2.45, 2.75) is 26.3 Å². The fourth-order valence-corrected chi connectivity index (χ4v) is 2.45. The minimum absolute atomic E-state index is 0.0855. The molecule has 5 nitrogen and oxygen atoms in total. The topological polar surface area (TPSA) is 60.1 Å². The molecular formula is C17H19N3O2. The highest BCUT2D eigenvalue weighted by atomic mass is 16.3. The number of amides is 1. The smallest absolute Gasteiger partial charge is 0.255 e. The molecule has 0 fully saturated rings. The SMILES string of the molecule is CCc1ccc2occ(C(=O)NCCCn3ccnc3)c2c1. The lowest BCUT2D eigenvalue weighted by Crippen LogP contribution is -2.24. The first-order valence-electron chi connectivity index (χ1n) is 7.52. The van der Waals surface area contributed by atoms with E-state index in [9.17, 15) is 4.79 Å². The van der Waals surface area contributed by atoms with Crippen molar-refractivity contribution in [1.82, 2.24) is 14.9 Å². The molecule has 3 aromatic rings. The van der Waals surface area contributed by atoms with Crippen molar-refractivity contribution in [2.24, 2.45) is 0 Å². The third kappa shape index (κ3) is 3.03. The molecule has 114 valence electrons. The third-order valence-corrected chi connectivity index (χ3v) is 3.73. The molecule has 22 heavy (non-hydrogen) atoms. The summed E-state index contributed by atoms with van der Waals surface area (Å²) >= 11 is 0. The Morgan fingerprint density at radius 1 is 1.41 bits per heavy atom. The lowest BCUT2D eigenvalue weighted by atomic mass is 10.1. The molecule has 0 radical (unpaired) electrons. The van der Waals surface area contributed by atoms with Gasteiger partial charge in [-0.1, -0.05) is 13.0 Å². The van der Waals surface area contributed by atoms with Crippen LogP contribution in [0.25, 0.3) is 11.0 Å².